The Morgan fingerprint density at radius 1 is 1.67 bits per heavy atom. The van der Waals surface area contributed by atoms with E-state index < -0.39 is 0 Å². The van der Waals surface area contributed by atoms with Gasteiger partial charge in [-0.3, -0.25) is 4.40 Å². The van der Waals surface area contributed by atoms with Gasteiger partial charge in [0.1, 0.15) is 0 Å². The van der Waals surface area contributed by atoms with Crippen molar-refractivity contribution in [3.05, 3.63) is 23.5 Å². The number of fused-ring (bicyclic) bond motifs is 1. The summed E-state index contributed by atoms with van der Waals surface area (Å²) in [6.07, 6.45) is 7.28. The summed E-state index contributed by atoms with van der Waals surface area (Å²) in [5.41, 5.74) is 0.982. The van der Waals surface area contributed by atoms with Crippen LogP contribution in [0.4, 0.5) is 0 Å². The first-order chi connectivity index (χ1) is 7.29. The molecule has 0 bridgehead atoms. The topological polar surface area (TPSA) is 37.5 Å². The van der Waals surface area contributed by atoms with Crippen LogP contribution in [0.3, 0.4) is 0 Å². The minimum Gasteiger partial charge on any atom is -0.393 e. The van der Waals surface area contributed by atoms with Gasteiger partial charge in [0.05, 0.1) is 11.8 Å². The van der Waals surface area contributed by atoms with Crippen LogP contribution in [0.2, 0.25) is 0 Å². The molecule has 0 spiro atoms. The van der Waals surface area contributed by atoms with E-state index in [0.717, 1.165) is 22.8 Å². The molecule has 82 valence electrons. The molecule has 0 radical (unpaired) electrons. The molecule has 0 amide bonds. The van der Waals surface area contributed by atoms with Gasteiger partial charge in [0.15, 0.2) is 4.96 Å². The lowest BCUT2D eigenvalue weighted by Crippen LogP contribution is -2.11. The highest BCUT2D eigenvalue weighted by atomic mass is 32.2. The van der Waals surface area contributed by atoms with Gasteiger partial charge in [-0.25, -0.2) is 4.98 Å². The van der Waals surface area contributed by atoms with E-state index in [1.54, 1.807) is 23.1 Å². The maximum Gasteiger partial charge on any atom is 0.193 e. The summed E-state index contributed by atoms with van der Waals surface area (Å²) in [5, 5.41) is 11.7. The van der Waals surface area contributed by atoms with Crippen molar-refractivity contribution in [2.24, 2.45) is 0 Å². The zero-order chi connectivity index (χ0) is 10.7. The van der Waals surface area contributed by atoms with E-state index >= 15 is 0 Å². The number of aromatic nitrogens is 2. The molecule has 3 nitrogen and oxygen atoms in total. The average Bonchev–Trinajstić information content (AvgIpc) is 2.74. The van der Waals surface area contributed by atoms with Gasteiger partial charge < -0.3 is 5.11 Å². The molecule has 2 rings (SSSR count). The van der Waals surface area contributed by atoms with Gasteiger partial charge in [-0.2, -0.15) is 11.8 Å². The van der Waals surface area contributed by atoms with Crippen LogP contribution in [-0.4, -0.2) is 32.6 Å². The highest BCUT2D eigenvalue weighted by molar-refractivity contribution is 7.98. The van der Waals surface area contributed by atoms with E-state index in [1.807, 2.05) is 22.2 Å². The Labute approximate surface area is 97.2 Å². The van der Waals surface area contributed by atoms with Crippen LogP contribution in [-0.2, 0) is 6.42 Å². The number of thiazole rings is 1. The Morgan fingerprint density at radius 2 is 2.53 bits per heavy atom. The van der Waals surface area contributed by atoms with Gasteiger partial charge in [-0.1, -0.05) is 0 Å². The summed E-state index contributed by atoms with van der Waals surface area (Å²) < 4.78 is 2.00. The smallest absolute Gasteiger partial charge is 0.193 e. The molecule has 0 aliphatic rings. The highest BCUT2D eigenvalue weighted by Crippen LogP contribution is 2.13. The SMILES string of the molecule is CSCCC(O)Cc1cn2ccsc2n1. The lowest BCUT2D eigenvalue weighted by molar-refractivity contribution is 0.171. The van der Waals surface area contributed by atoms with Gasteiger partial charge in [-0.15, -0.1) is 11.3 Å². The minimum absolute atomic E-state index is 0.262. The van der Waals surface area contributed by atoms with Crippen LogP contribution in [0.15, 0.2) is 17.8 Å². The summed E-state index contributed by atoms with van der Waals surface area (Å²) in [4.78, 5) is 5.44. The highest BCUT2D eigenvalue weighted by Gasteiger charge is 2.08. The van der Waals surface area contributed by atoms with E-state index in [4.69, 9.17) is 0 Å². The fraction of sp³-hybridized carbons (Fsp3) is 0.500. The summed E-state index contributed by atoms with van der Waals surface area (Å²) in [6, 6.07) is 0. The molecule has 1 atom stereocenters. The van der Waals surface area contributed by atoms with Crippen molar-refractivity contribution in [2.45, 2.75) is 18.9 Å². The van der Waals surface area contributed by atoms with Gasteiger partial charge in [0.25, 0.3) is 0 Å². The molecule has 2 heterocycles. The standard InChI is InChI=1S/C10H14N2OS2/c1-14-4-2-9(13)6-8-7-12-3-5-15-10(12)11-8/h3,5,7,9,13H,2,4,6H2,1H3. The van der Waals surface area contributed by atoms with Crippen molar-refractivity contribution in [3.8, 4) is 0 Å². The van der Waals surface area contributed by atoms with Gasteiger partial charge in [0, 0.05) is 24.2 Å². The average molecular weight is 242 g/mol. The third kappa shape index (κ3) is 2.74. The van der Waals surface area contributed by atoms with Crippen LogP contribution in [0.5, 0.6) is 0 Å². The van der Waals surface area contributed by atoms with E-state index in [1.165, 1.54) is 0 Å². The molecule has 0 saturated carbocycles. The second kappa shape index (κ2) is 5.01. The second-order valence-corrected chi connectivity index (χ2v) is 5.32. The monoisotopic (exact) mass is 242 g/mol. The number of thioether (sulfide) groups is 1. The van der Waals surface area contributed by atoms with Crippen LogP contribution >= 0.6 is 23.1 Å². The van der Waals surface area contributed by atoms with Crippen molar-refractivity contribution >= 4 is 28.1 Å². The Kier molecular flexibility index (Phi) is 3.66. The van der Waals surface area contributed by atoms with Crippen molar-refractivity contribution in [3.63, 3.8) is 0 Å². The third-order valence-corrected chi connectivity index (χ3v) is 3.66. The van der Waals surface area contributed by atoms with Crippen molar-refractivity contribution in [2.75, 3.05) is 12.0 Å². The van der Waals surface area contributed by atoms with Crippen LogP contribution in [0.1, 0.15) is 12.1 Å². The summed E-state index contributed by atoms with van der Waals surface area (Å²) in [7, 11) is 0. The van der Waals surface area contributed by atoms with Crippen molar-refractivity contribution < 1.29 is 5.11 Å². The molecule has 1 unspecified atom stereocenters. The maximum absolute atomic E-state index is 9.74. The predicted octanol–water partition coefficient (Wildman–Crippen LogP) is 2.05. The maximum atomic E-state index is 9.74. The normalized spacial score (nSPS) is 13.5. The zero-order valence-corrected chi connectivity index (χ0v) is 10.2. The summed E-state index contributed by atoms with van der Waals surface area (Å²) >= 11 is 3.38. The quantitative estimate of drug-likeness (QED) is 0.872. The zero-order valence-electron chi connectivity index (χ0n) is 8.59. The van der Waals surface area contributed by atoms with Gasteiger partial charge in [0.2, 0.25) is 0 Å². The molecular formula is C10H14N2OS2. The Balaban J connectivity index is 1.96. The molecule has 0 aromatic carbocycles. The summed E-state index contributed by atoms with van der Waals surface area (Å²) in [5.74, 6) is 1.00. The Morgan fingerprint density at radius 3 is 3.27 bits per heavy atom. The number of aliphatic hydroxyl groups is 1. The molecule has 5 heteroatoms. The number of nitrogens with zero attached hydrogens (tertiary/aromatic N) is 2. The van der Waals surface area contributed by atoms with Crippen LogP contribution in [0.25, 0.3) is 4.96 Å². The lowest BCUT2D eigenvalue weighted by Gasteiger charge is -2.06. The summed E-state index contributed by atoms with van der Waals surface area (Å²) in [6.45, 7) is 0. The van der Waals surface area contributed by atoms with E-state index in [0.29, 0.717) is 6.42 Å². The molecular weight excluding hydrogens is 228 g/mol. The number of imidazole rings is 1. The largest absolute Gasteiger partial charge is 0.393 e. The van der Waals surface area contributed by atoms with Gasteiger partial charge >= 0.3 is 0 Å². The fourth-order valence-corrected chi connectivity index (χ4v) is 2.70. The molecule has 15 heavy (non-hydrogen) atoms. The molecule has 0 aliphatic carbocycles. The predicted molar refractivity (Wildman–Crippen MR) is 65.8 cm³/mol. The van der Waals surface area contributed by atoms with E-state index in [-0.39, 0.29) is 6.10 Å². The molecule has 2 aromatic heterocycles. The molecule has 1 N–H and O–H groups in total. The number of aliphatic hydroxyl groups excluding tert-OH is 1. The Hall–Kier alpha value is -0.520. The number of rotatable bonds is 5. The third-order valence-electron chi connectivity index (χ3n) is 2.24. The van der Waals surface area contributed by atoms with Crippen LogP contribution in [0, 0.1) is 0 Å². The first kappa shape index (κ1) is 11.0. The van der Waals surface area contributed by atoms with Crippen molar-refractivity contribution in [1.29, 1.82) is 0 Å². The molecule has 0 aliphatic heterocycles. The molecule has 0 saturated heterocycles. The fourth-order valence-electron chi connectivity index (χ4n) is 1.47. The number of hydrogen-bond acceptors (Lipinski definition) is 4. The molecule has 0 fully saturated rings. The first-order valence-corrected chi connectivity index (χ1v) is 7.15. The van der Waals surface area contributed by atoms with Crippen LogP contribution < -0.4 is 0 Å². The van der Waals surface area contributed by atoms with E-state index in [2.05, 4.69) is 11.2 Å². The first-order valence-electron chi connectivity index (χ1n) is 4.87. The van der Waals surface area contributed by atoms with E-state index in [9.17, 15) is 5.11 Å². The number of hydrogen-bond donors (Lipinski definition) is 1. The Bertz CT molecular complexity index is 395. The minimum atomic E-state index is -0.262. The lowest BCUT2D eigenvalue weighted by atomic mass is 10.2. The second-order valence-electron chi connectivity index (χ2n) is 3.46. The van der Waals surface area contributed by atoms with Crippen molar-refractivity contribution in [1.82, 2.24) is 9.38 Å². The molecule has 2 aromatic rings. The van der Waals surface area contributed by atoms with Gasteiger partial charge in [-0.05, 0) is 18.4 Å².